The summed E-state index contributed by atoms with van der Waals surface area (Å²) in [6.45, 7) is 3.87. The highest BCUT2D eigenvalue weighted by molar-refractivity contribution is 7.85. The van der Waals surface area contributed by atoms with Gasteiger partial charge in [0, 0.05) is 41.9 Å². The van der Waals surface area contributed by atoms with Gasteiger partial charge in [-0.15, -0.1) is 0 Å². The lowest BCUT2D eigenvalue weighted by Crippen LogP contribution is -2.39. The Morgan fingerprint density at radius 1 is 1.31 bits per heavy atom. The molecule has 13 heavy (non-hydrogen) atoms. The fourth-order valence-corrected chi connectivity index (χ4v) is 2.39. The first kappa shape index (κ1) is 11.1. The van der Waals surface area contributed by atoms with Crippen LogP contribution < -0.4 is 0 Å². The number of hydrogen-bond donors (Lipinski definition) is 1. The molecular formula is C8H17NO3S. The van der Waals surface area contributed by atoms with E-state index >= 15 is 0 Å². The molecule has 1 fully saturated rings. The third kappa shape index (κ3) is 4.71. The van der Waals surface area contributed by atoms with Gasteiger partial charge in [-0.2, -0.15) is 0 Å². The Balaban J connectivity index is 1.99. The number of ether oxygens (including phenoxy) is 1. The van der Waals surface area contributed by atoms with Crippen LogP contribution in [0.25, 0.3) is 0 Å². The highest BCUT2D eigenvalue weighted by Crippen LogP contribution is 1.98. The van der Waals surface area contributed by atoms with E-state index in [-0.39, 0.29) is 6.61 Å². The van der Waals surface area contributed by atoms with Crippen LogP contribution in [0, 0.1) is 0 Å². The predicted molar refractivity (Wildman–Crippen MR) is 52.2 cm³/mol. The Labute approximate surface area is 81.3 Å². The maximum atomic E-state index is 11.0. The first-order chi connectivity index (χ1) is 6.33. The van der Waals surface area contributed by atoms with Gasteiger partial charge in [0.15, 0.2) is 0 Å². The zero-order valence-corrected chi connectivity index (χ0v) is 8.59. The second-order valence-corrected chi connectivity index (χ2v) is 4.72. The first-order valence-electron chi connectivity index (χ1n) is 4.59. The lowest BCUT2D eigenvalue weighted by atomic mass is 10.5. The summed E-state index contributed by atoms with van der Waals surface area (Å²) in [7, 11) is -0.592. The summed E-state index contributed by atoms with van der Waals surface area (Å²) in [5.41, 5.74) is 0. The van der Waals surface area contributed by atoms with Crippen LogP contribution in [-0.2, 0) is 15.5 Å². The van der Waals surface area contributed by atoms with Gasteiger partial charge in [-0.05, 0) is 0 Å². The van der Waals surface area contributed by atoms with Gasteiger partial charge in [0.1, 0.15) is 0 Å². The van der Waals surface area contributed by atoms with Gasteiger partial charge in [0.05, 0.1) is 19.8 Å². The largest absolute Gasteiger partial charge is 0.394 e. The van der Waals surface area contributed by atoms with Crippen LogP contribution in [0.5, 0.6) is 0 Å². The van der Waals surface area contributed by atoms with Crippen molar-refractivity contribution in [3.8, 4) is 0 Å². The number of hydrogen-bond acceptors (Lipinski definition) is 4. The number of aliphatic hydroxyl groups excluding tert-OH is 1. The minimum atomic E-state index is -0.592. The number of aliphatic hydroxyl groups is 1. The van der Waals surface area contributed by atoms with Crippen molar-refractivity contribution in [3.63, 3.8) is 0 Å². The van der Waals surface area contributed by atoms with Gasteiger partial charge >= 0.3 is 0 Å². The smallest absolute Gasteiger partial charge is 0.0698 e. The highest BCUT2D eigenvalue weighted by Gasteiger charge is 2.13. The molecule has 1 saturated heterocycles. The van der Waals surface area contributed by atoms with Gasteiger partial charge in [-0.3, -0.25) is 9.11 Å². The Morgan fingerprint density at radius 2 is 2.00 bits per heavy atom. The van der Waals surface area contributed by atoms with Crippen LogP contribution in [0.1, 0.15) is 0 Å². The summed E-state index contributed by atoms with van der Waals surface area (Å²) in [6.07, 6.45) is 0. The van der Waals surface area contributed by atoms with E-state index in [4.69, 9.17) is 9.84 Å². The minimum absolute atomic E-state index is 0.0873. The molecule has 5 heteroatoms. The molecule has 0 aromatic carbocycles. The number of rotatable bonds is 5. The van der Waals surface area contributed by atoms with Gasteiger partial charge in [0.2, 0.25) is 0 Å². The molecule has 0 aliphatic carbocycles. The number of nitrogens with zero attached hydrogens (tertiary/aromatic N) is 1. The molecule has 78 valence electrons. The van der Waals surface area contributed by atoms with Gasteiger partial charge < -0.3 is 9.84 Å². The fraction of sp³-hybridized carbons (Fsp3) is 1.00. The van der Waals surface area contributed by atoms with Crippen molar-refractivity contribution in [1.29, 1.82) is 0 Å². The summed E-state index contributed by atoms with van der Waals surface area (Å²) in [5, 5.41) is 8.46. The maximum Gasteiger partial charge on any atom is 0.0698 e. The Bertz CT molecular complexity index is 155. The molecule has 0 unspecified atom stereocenters. The molecule has 0 saturated carbocycles. The summed E-state index contributed by atoms with van der Waals surface area (Å²) in [5.74, 6) is 1.58. The second-order valence-electron chi connectivity index (χ2n) is 3.03. The summed E-state index contributed by atoms with van der Waals surface area (Å²) in [4.78, 5) is 2.25. The predicted octanol–water partition coefficient (Wildman–Crippen LogP) is -0.940. The molecule has 1 aliphatic rings. The minimum Gasteiger partial charge on any atom is -0.394 e. The SMILES string of the molecule is O=S1CCN(CCOCCO)CC1. The summed E-state index contributed by atoms with van der Waals surface area (Å²) >= 11 is 0. The average molecular weight is 207 g/mol. The van der Waals surface area contributed by atoms with Crippen molar-refractivity contribution in [1.82, 2.24) is 4.90 Å². The standard InChI is InChI=1S/C8H17NO3S/c10-4-6-12-5-1-9-2-7-13(11)8-3-9/h10H,1-8H2. The molecule has 0 atom stereocenters. The molecule has 0 radical (unpaired) electrons. The van der Waals surface area contributed by atoms with Crippen molar-refractivity contribution in [2.24, 2.45) is 0 Å². The molecule has 0 bridgehead atoms. The monoisotopic (exact) mass is 207 g/mol. The van der Waals surface area contributed by atoms with Crippen LogP contribution in [0.2, 0.25) is 0 Å². The third-order valence-corrected chi connectivity index (χ3v) is 3.33. The molecule has 0 amide bonds. The van der Waals surface area contributed by atoms with Crippen LogP contribution >= 0.6 is 0 Å². The van der Waals surface area contributed by atoms with E-state index in [9.17, 15) is 4.21 Å². The van der Waals surface area contributed by atoms with E-state index < -0.39 is 10.8 Å². The molecular weight excluding hydrogens is 190 g/mol. The molecule has 0 aromatic heterocycles. The molecule has 1 heterocycles. The van der Waals surface area contributed by atoms with Crippen molar-refractivity contribution in [2.45, 2.75) is 0 Å². The molecule has 1 aliphatic heterocycles. The second kappa shape index (κ2) is 6.48. The summed E-state index contributed by atoms with van der Waals surface area (Å²) < 4.78 is 16.1. The molecule has 1 N–H and O–H groups in total. The van der Waals surface area contributed by atoms with E-state index in [0.29, 0.717) is 13.2 Å². The molecule has 4 nitrogen and oxygen atoms in total. The highest BCUT2D eigenvalue weighted by atomic mass is 32.2. The van der Waals surface area contributed by atoms with Gasteiger partial charge in [0.25, 0.3) is 0 Å². The van der Waals surface area contributed by atoms with Crippen molar-refractivity contribution < 1.29 is 14.1 Å². The lowest BCUT2D eigenvalue weighted by molar-refractivity contribution is 0.0755. The molecule has 0 spiro atoms. The zero-order chi connectivity index (χ0) is 9.52. The normalized spacial score (nSPS) is 20.7. The topological polar surface area (TPSA) is 49.8 Å². The van der Waals surface area contributed by atoms with E-state index in [0.717, 1.165) is 31.1 Å². The lowest BCUT2D eigenvalue weighted by Gasteiger charge is -2.25. The van der Waals surface area contributed by atoms with Crippen LogP contribution in [0.15, 0.2) is 0 Å². The van der Waals surface area contributed by atoms with Crippen molar-refractivity contribution in [3.05, 3.63) is 0 Å². The van der Waals surface area contributed by atoms with Crippen LogP contribution in [-0.4, -0.2) is 65.2 Å². The van der Waals surface area contributed by atoms with Gasteiger partial charge in [-0.25, -0.2) is 0 Å². The van der Waals surface area contributed by atoms with Crippen LogP contribution in [0.3, 0.4) is 0 Å². The van der Waals surface area contributed by atoms with E-state index in [2.05, 4.69) is 4.90 Å². The van der Waals surface area contributed by atoms with Crippen molar-refractivity contribution >= 4 is 10.8 Å². The van der Waals surface area contributed by atoms with E-state index in [1.165, 1.54) is 0 Å². The first-order valence-corrected chi connectivity index (χ1v) is 6.07. The maximum absolute atomic E-state index is 11.0. The summed E-state index contributed by atoms with van der Waals surface area (Å²) in [6, 6.07) is 0. The molecule has 1 rings (SSSR count). The zero-order valence-electron chi connectivity index (χ0n) is 7.78. The van der Waals surface area contributed by atoms with E-state index in [1.807, 2.05) is 0 Å². The third-order valence-electron chi connectivity index (χ3n) is 2.06. The van der Waals surface area contributed by atoms with Crippen LogP contribution in [0.4, 0.5) is 0 Å². The Hall–Kier alpha value is 0.0300. The Morgan fingerprint density at radius 3 is 2.62 bits per heavy atom. The van der Waals surface area contributed by atoms with E-state index in [1.54, 1.807) is 0 Å². The van der Waals surface area contributed by atoms with Gasteiger partial charge in [-0.1, -0.05) is 0 Å². The van der Waals surface area contributed by atoms with Crippen molar-refractivity contribution in [2.75, 3.05) is 51.0 Å². The average Bonchev–Trinajstić information content (AvgIpc) is 2.15. The Kier molecular flexibility index (Phi) is 5.54. The fourth-order valence-electron chi connectivity index (χ4n) is 1.26. The molecule has 0 aromatic rings. The quantitative estimate of drug-likeness (QED) is 0.591.